The minimum absolute atomic E-state index is 0.0777. The fourth-order valence-corrected chi connectivity index (χ4v) is 1.73. The molecule has 0 spiro atoms. The summed E-state index contributed by atoms with van der Waals surface area (Å²) in [6.07, 6.45) is 0.713. The van der Waals surface area contributed by atoms with E-state index in [1.54, 1.807) is 0 Å². The number of halogens is 1. The highest BCUT2D eigenvalue weighted by Gasteiger charge is 2.17. The van der Waals surface area contributed by atoms with Gasteiger partial charge in [-0.3, -0.25) is 0 Å². The van der Waals surface area contributed by atoms with Crippen LogP contribution in [0.2, 0.25) is 5.02 Å². The fourth-order valence-electron chi connectivity index (χ4n) is 1.61. The topological polar surface area (TPSA) is 103 Å². The Hall–Kier alpha value is -1.75. The van der Waals surface area contributed by atoms with Gasteiger partial charge in [0.1, 0.15) is 0 Å². The lowest BCUT2D eigenvalue weighted by Crippen LogP contribution is -2.29. The van der Waals surface area contributed by atoms with Gasteiger partial charge in [0.25, 0.3) is 0 Å². The molecule has 0 fully saturated rings. The van der Waals surface area contributed by atoms with E-state index in [2.05, 4.69) is 9.98 Å². The average molecular weight is 268 g/mol. The molecule has 6 N–H and O–H groups in total. The van der Waals surface area contributed by atoms with Crippen LogP contribution in [0.4, 0.5) is 0 Å². The first-order chi connectivity index (χ1) is 8.28. The maximum absolute atomic E-state index is 5.83. The largest absolute Gasteiger partial charge is 0.370 e. The number of hydrogen-bond donors (Lipinski definition) is 3. The molecular formula is C12H18ClN5. The van der Waals surface area contributed by atoms with E-state index in [0.29, 0.717) is 11.4 Å². The predicted molar refractivity (Wildman–Crippen MR) is 76.7 cm³/mol. The molecule has 0 saturated heterocycles. The van der Waals surface area contributed by atoms with Crippen LogP contribution < -0.4 is 17.2 Å². The quantitative estimate of drug-likeness (QED) is 0.567. The first-order valence-electron chi connectivity index (χ1n) is 5.48. The van der Waals surface area contributed by atoms with Crippen molar-refractivity contribution in [3.8, 4) is 0 Å². The smallest absolute Gasteiger partial charge is 0.219 e. The fraction of sp³-hybridized carbons (Fsp3) is 0.333. The first-order valence-corrected chi connectivity index (χ1v) is 5.86. The van der Waals surface area contributed by atoms with Gasteiger partial charge in [-0.25, -0.2) is 4.99 Å². The molecular weight excluding hydrogens is 250 g/mol. The van der Waals surface area contributed by atoms with Crippen LogP contribution in [0, 0.1) is 0 Å². The zero-order valence-corrected chi connectivity index (χ0v) is 11.3. The monoisotopic (exact) mass is 267 g/mol. The van der Waals surface area contributed by atoms with Crippen molar-refractivity contribution in [1.29, 1.82) is 0 Å². The van der Waals surface area contributed by atoms with Crippen molar-refractivity contribution in [1.82, 2.24) is 0 Å². The molecule has 0 aromatic heterocycles. The van der Waals surface area contributed by atoms with E-state index >= 15 is 0 Å². The van der Waals surface area contributed by atoms with Crippen LogP contribution in [0.15, 0.2) is 34.3 Å². The van der Waals surface area contributed by atoms with E-state index < -0.39 is 5.54 Å². The van der Waals surface area contributed by atoms with Crippen LogP contribution in [0.1, 0.15) is 19.4 Å². The van der Waals surface area contributed by atoms with Crippen molar-refractivity contribution >= 4 is 23.5 Å². The second kappa shape index (κ2) is 5.73. The number of hydrogen-bond acceptors (Lipinski definition) is 1. The second-order valence-corrected chi connectivity index (χ2v) is 5.06. The summed E-state index contributed by atoms with van der Waals surface area (Å²) in [6, 6.07) is 7.60. The van der Waals surface area contributed by atoms with Gasteiger partial charge < -0.3 is 17.2 Å². The van der Waals surface area contributed by atoms with Crippen molar-refractivity contribution < 1.29 is 0 Å². The maximum atomic E-state index is 5.83. The Morgan fingerprint density at radius 3 is 2.22 bits per heavy atom. The van der Waals surface area contributed by atoms with Gasteiger partial charge >= 0.3 is 0 Å². The van der Waals surface area contributed by atoms with E-state index in [-0.39, 0.29) is 11.9 Å². The Balaban J connectivity index is 2.81. The molecule has 6 heteroatoms. The molecule has 0 radical (unpaired) electrons. The van der Waals surface area contributed by atoms with Gasteiger partial charge in [0.05, 0.1) is 5.54 Å². The molecule has 0 aliphatic carbocycles. The summed E-state index contributed by atoms with van der Waals surface area (Å²) in [4.78, 5) is 7.98. The van der Waals surface area contributed by atoms with Crippen LogP contribution in [0.25, 0.3) is 0 Å². The lowest BCUT2D eigenvalue weighted by Gasteiger charge is -2.19. The summed E-state index contributed by atoms with van der Waals surface area (Å²) in [6.45, 7) is 3.91. The van der Waals surface area contributed by atoms with Crippen LogP contribution in [-0.4, -0.2) is 17.5 Å². The van der Waals surface area contributed by atoms with Gasteiger partial charge in [0, 0.05) is 5.02 Å². The molecule has 0 bridgehead atoms. The molecule has 0 atom stereocenters. The molecule has 1 aromatic rings. The third kappa shape index (κ3) is 5.05. The van der Waals surface area contributed by atoms with E-state index in [1.807, 2.05) is 38.1 Å². The van der Waals surface area contributed by atoms with Gasteiger partial charge in [-0.2, -0.15) is 4.99 Å². The third-order valence-corrected chi connectivity index (χ3v) is 2.46. The first kappa shape index (κ1) is 14.3. The number of guanidine groups is 2. The molecule has 0 unspecified atom stereocenters. The zero-order valence-electron chi connectivity index (χ0n) is 10.5. The molecule has 5 nitrogen and oxygen atoms in total. The Bertz CT molecular complexity index is 458. The highest BCUT2D eigenvalue weighted by molar-refractivity contribution is 6.30. The molecule has 0 amide bonds. The lowest BCUT2D eigenvalue weighted by molar-refractivity contribution is 0.519. The lowest BCUT2D eigenvalue weighted by atomic mass is 9.96. The van der Waals surface area contributed by atoms with Gasteiger partial charge in [0.15, 0.2) is 5.96 Å². The summed E-state index contributed by atoms with van der Waals surface area (Å²) in [7, 11) is 0. The Labute approximate surface area is 112 Å². The van der Waals surface area contributed by atoms with E-state index in [1.165, 1.54) is 0 Å². The standard InChI is InChI=1S/C12H18ClN5/c1-12(2,18-11(16)17-10(14)15)7-8-3-5-9(13)6-4-8/h3-6H,7H2,1-2H3,(H6,14,15,16,17,18). The molecule has 18 heavy (non-hydrogen) atoms. The van der Waals surface area contributed by atoms with E-state index in [4.69, 9.17) is 28.8 Å². The van der Waals surface area contributed by atoms with Crippen molar-refractivity contribution in [2.45, 2.75) is 25.8 Å². The van der Waals surface area contributed by atoms with Crippen LogP contribution in [0.5, 0.6) is 0 Å². The minimum Gasteiger partial charge on any atom is -0.370 e. The van der Waals surface area contributed by atoms with Crippen molar-refractivity contribution in [3.05, 3.63) is 34.9 Å². The number of benzene rings is 1. The minimum atomic E-state index is -0.392. The van der Waals surface area contributed by atoms with Gasteiger partial charge in [-0.15, -0.1) is 0 Å². The zero-order chi connectivity index (χ0) is 13.8. The highest BCUT2D eigenvalue weighted by Crippen LogP contribution is 2.18. The van der Waals surface area contributed by atoms with E-state index in [9.17, 15) is 0 Å². The number of rotatable bonds is 3. The van der Waals surface area contributed by atoms with Crippen LogP contribution in [-0.2, 0) is 6.42 Å². The highest BCUT2D eigenvalue weighted by atomic mass is 35.5. The van der Waals surface area contributed by atoms with Crippen molar-refractivity contribution in [3.63, 3.8) is 0 Å². The normalized spacial score (nSPS) is 12.3. The predicted octanol–water partition coefficient (Wildman–Crippen LogP) is 1.25. The summed E-state index contributed by atoms with van der Waals surface area (Å²) in [5.41, 5.74) is 16.8. The average Bonchev–Trinajstić information content (AvgIpc) is 2.18. The Kier molecular flexibility index (Phi) is 4.55. The molecule has 0 aliphatic rings. The molecule has 0 aliphatic heterocycles. The second-order valence-electron chi connectivity index (χ2n) is 4.62. The molecule has 0 saturated carbocycles. The van der Waals surface area contributed by atoms with Gasteiger partial charge in [0.2, 0.25) is 5.96 Å². The van der Waals surface area contributed by atoms with Crippen LogP contribution in [0.3, 0.4) is 0 Å². The number of nitrogens with two attached hydrogens (primary N) is 3. The SMILES string of the molecule is CC(C)(Cc1ccc(Cl)cc1)N=C(N)N=C(N)N. The van der Waals surface area contributed by atoms with Crippen LogP contribution >= 0.6 is 11.6 Å². The van der Waals surface area contributed by atoms with E-state index in [0.717, 1.165) is 5.56 Å². The van der Waals surface area contributed by atoms with Gasteiger partial charge in [-0.1, -0.05) is 23.7 Å². The van der Waals surface area contributed by atoms with Gasteiger partial charge in [-0.05, 0) is 38.0 Å². The third-order valence-electron chi connectivity index (χ3n) is 2.21. The molecule has 1 aromatic carbocycles. The summed E-state index contributed by atoms with van der Waals surface area (Å²) in [5.74, 6) is -0.0208. The summed E-state index contributed by atoms with van der Waals surface area (Å²) < 4.78 is 0. The maximum Gasteiger partial charge on any atom is 0.219 e. The summed E-state index contributed by atoms with van der Waals surface area (Å²) in [5, 5.41) is 0.708. The number of aliphatic imine (C=N–C) groups is 2. The summed E-state index contributed by atoms with van der Waals surface area (Å²) >= 11 is 5.83. The molecule has 1 rings (SSSR count). The molecule has 0 heterocycles. The molecule has 98 valence electrons. The van der Waals surface area contributed by atoms with Crippen molar-refractivity contribution in [2.75, 3.05) is 0 Å². The van der Waals surface area contributed by atoms with Crippen molar-refractivity contribution in [2.24, 2.45) is 27.2 Å². The Morgan fingerprint density at radius 2 is 1.72 bits per heavy atom. The Morgan fingerprint density at radius 1 is 1.17 bits per heavy atom. The number of nitrogens with zero attached hydrogens (tertiary/aromatic N) is 2.